The third-order valence-electron chi connectivity index (χ3n) is 1.21. The van der Waals surface area contributed by atoms with Gasteiger partial charge in [0, 0.05) is 0 Å². The quantitative estimate of drug-likeness (QED) is 0.499. The lowest BCUT2D eigenvalue weighted by atomic mass is 10.2. The van der Waals surface area contributed by atoms with E-state index in [4.69, 9.17) is 10.2 Å². The van der Waals surface area contributed by atoms with Gasteiger partial charge in [-0.1, -0.05) is 30.3 Å². The minimum absolute atomic E-state index is 0.596. The highest BCUT2D eigenvalue weighted by atomic mass is 32.2. The van der Waals surface area contributed by atoms with E-state index in [1.165, 1.54) is 0 Å². The molecule has 0 aromatic heterocycles. The summed E-state index contributed by atoms with van der Waals surface area (Å²) in [6.07, 6.45) is 0. The zero-order valence-corrected chi connectivity index (χ0v) is 6.21. The maximum absolute atomic E-state index is 9.17. The highest BCUT2D eigenvalue weighted by Crippen LogP contribution is 2.19. The normalized spacial score (nSPS) is 13.0. The van der Waals surface area contributed by atoms with Crippen molar-refractivity contribution in [1.82, 2.24) is 0 Å². The molecule has 0 radical (unpaired) electrons. The molecule has 0 fully saturated rings. The summed E-state index contributed by atoms with van der Waals surface area (Å²) in [5, 5.41) is 14.3. The Morgan fingerprint density at radius 3 is 2.40 bits per heavy atom. The molecule has 3 N–H and O–H groups in total. The Bertz CT molecular complexity index is 190. The van der Waals surface area contributed by atoms with E-state index in [-0.39, 0.29) is 0 Å². The van der Waals surface area contributed by atoms with Gasteiger partial charge in [0.15, 0.2) is 0 Å². The summed E-state index contributed by atoms with van der Waals surface area (Å²) >= 11 is 0.933. The molecule has 1 atom stereocenters. The average Bonchev–Trinajstić information content (AvgIpc) is 2.05. The lowest BCUT2D eigenvalue weighted by molar-refractivity contribution is 0.270. The number of hydrogen-bond donors (Lipinski definition) is 2. The fraction of sp³-hybridized carbons (Fsp3) is 0.143. The van der Waals surface area contributed by atoms with Crippen molar-refractivity contribution >= 4 is 11.9 Å². The molecule has 0 saturated heterocycles. The van der Waals surface area contributed by atoms with E-state index >= 15 is 0 Å². The van der Waals surface area contributed by atoms with Gasteiger partial charge in [0.25, 0.3) is 0 Å². The van der Waals surface area contributed by atoms with Gasteiger partial charge in [0.2, 0.25) is 0 Å². The smallest absolute Gasteiger partial charge is 0.138 e. The van der Waals surface area contributed by atoms with Gasteiger partial charge in [0.05, 0.1) is 0 Å². The molecule has 54 valence electrons. The molecule has 1 aromatic rings. The van der Waals surface area contributed by atoms with Gasteiger partial charge < -0.3 is 5.11 Å². The van der Waals surface area contributed by atoms with Crippen LogP contribution in [0.5, 0.6) is 0 Å². The molecule has 1 rings (SSSR count). The van der Waals surface area contributed by atoms with Crippen molar-refractivity contribution in [2.24, 2.45) is 5.14 Å². The van der Waals surface area contributed by atoms with Crippen LogP contribution in [0.1, 0.15) is 11.0 Å². The van der Waals surface area contributed by atoms with Crippen LogP contribution in [0, 0.1) is 0 Å². The Balaban J connectivity index is 2.75. The molecule has 0 bridgehead atoms. The number of nitrogens with two attached hydrogens (primary N) is 1. The number of benzene rings is 1. The van der Waals surface area contributed by atoms with Crippen molar-refractivity contribution < 1.29 is 5.11 Å². The number of aliphatic hydroxyl groups is 1. The molecule has 1 unspecified atom stereocenters. The SMILES string of the molecule is NSC(O)c1ccccc1. The lowest BCUT2D eigenvalue weighted by Gasteiger charge is -2.04. The second kappa shape index (κ2) is 3.61. The van der Waals surface area contributed by atoms with Crippen molar-refractivity contribution in [3.8, 4) is 0 Å². The van der Waals surface area contributed by atoms with Crippen LogP contribution in [0.25, 0.3) is 0 Å². The molecule has 0 spiro atoms. The Kier molecular flexibility index (Phi) is 2.74. The fourth-order valence-electron chi connectivity index (χ4n) is 0.696. The summed E-state index contributed by atoms with van der Waals surface area (Å²) in [5.41, 5.74) is 0.246. The van der Waals surface area contributed by atoms with E-state index in [1.54, 1.807) is 0 Å². The van der Waals surface area contributed by atoms with Crippen molar-refractivity contribution in [2.45, 2.75) is 5.44 Å². The number of hydrogen-bond acceptors (Lipinski definition) is 3. The van der Waals surface area contributed by atoms with Crippen molar-refractivity contribution in [1.29, 1.82) is 0 Å². The van der Waals surface area contributed by atoms with E-state index < -0.39 is 5.44 Å². The Morgan fingerprint density at radius 2 is 1.90 bits per heavy atom. The van der Waals surface area contributed by atoms with Gasteiger partial charge in [-0.15, -0.1) is 0 Å². The molecular weight excluding hydrogens is 146 g/mol. The van der Waals surface area contributed by atoms with Crippen LogP contribution in [-0.4, -0.2) is 5.11 Å². The number of aliphatic hydroxyl groups excluding tert-OH is 1. The molecule has 10 heavy (non-hydrogen) atoms. The van der Waals surface area contributed by atoms with Gasteiger partial charge in [-0.05, 0) is 17.5 Å². The standard InChI is InChI=1S/C7H9NOS/c8-10-7(9)6-4-2-1-3-5-6/h1-5,7,9H,8H2. The highest BCUT2D eigenvalue weighted by molar-refractivity contribution is 7.97. The summed E-state index contributed by atoms with van der Waals surface area (Å²) in [5.74, 6) is 0. The predicted octanol–water partition coefficient (Wildman–Crippen LogP) is 1.28. The third kappa shape index (κ3) is 1.73. The molecule has 0 aliphatic rings. The van der Waals surface area contributed by atoms with Gasteiger partial charge in [-0.2, -0.15) is 0 Å². The minimum atomic E-state index is -0.596. The topological polar surface area (TPSA) is 46.2 Å². The molecule has 0 aliphatic heterocycles. The lowest BCUT2D eigenvalue weighted by Crippen LogP contribution is -1.94. The van der Waals surface area contributed by atoms with Crippen LogP contribution in [0.4, 0.5) is 0 Å². The minimum Gasteiger partial charge on any atom is -0.377 e. The summed E-state index contributed by atoms with van der Waals surface area (Å²) in [6, 6.07) is 9.32. The molecule has 3 heteroatoms. The zero-order chi connectivity index (χ0) is 7.40. The van der Waals surface area contributed by atoms with Crippen molar-refractivity contribution in [3.63, 3.8) is 0 Å². The third-order valence-corrected chi connectivity index (χ3v) is 1.74. The first-order valence-electron chi connectivity index (χ1n) is 2.93. The first-order chi connectivity index (χ1) is 4.84. The molecule has 0 aliphatic carbocycles. The summed E-state index contributed by atoms with van der Waals surface area (Å²) in [7, 11) is 0. The van der Waals surface area contributed by atoms with Gasteiger partial charge in [0.1, 0.15) is 5.44 Å². The van der Waals surface area contributed by atoms with Crippen LogP contribution < -0.4 is 5.14 Å². The molecule has 2 nitrogen and oxygen atoms in total. The monoisotopic (exact) mass is 155 g/mol. The molecule has 1 aromatic carbocycles. The summed E-state index contributed by atoms with van der Waals surface area (Å²) < 4.78 is 0. The second-order valence-electron chi connectivity index (χ2n) is 1.90. The molecule has 0 amide bonds. The number of rotatable bonds is 2. The van der Waals surface area contributed by atoms with E-state index in [2.05, 4.69) is 0 Å². The molecule has 0 heterocycles. The van der Waals surface area contributed by atoms with Crippen LogP contribution >= 0.6 is 11.9 Å². The second-order valence-corrected chi connectivity index (χ2v) is 2.62. The maximum atomic E-state index is 9.17. The van der Waals surface area contributed by atoms with Crippen molar-refractivity contribution in [3.05, 3.63) is 35.9 Å². The Morgan fingerprint density at radius 1 is 1.30 bits per heavy atom. The van der Waals surface area contributed by atoms with E-state index in [0.717, 1.165) is 17.5 Å². The maximum Gasteiger partial charge on any atom is 0.138 e. The Labute approximate surface area is 64.2 Å². The van der Waals surface area contributed by atoms with E-state index in [9.17, 15) is 0 Å². The summed E-state index contributed by atoms with van der Waals surface area (Å²) in [4.78, 5) is 0. The van der Waals surface area contributed by atoms with E-state index in [0.29, 0.717) is 0 Å². The predicted molar refractivity (Wildman–Crippen MR) is 43.2 cm³/mol. The molecular formula is C7H9NOS. The van der Waals surface area contributed by atoms with Gasteiger partial charge >= 0.3 is 0 Å². The highest BCUT2D eigenvalue weighted by Gasteiger charge is 2.02. The van der Waals surface area contributed by atoms with Gasteiger partial charge in [-0.3, -0.25) is 5.14 Å². The van der Waals surface area contributed by atoms with Gasteiger partial charge in [-0.25, -0.2) is 0 Å². The summed E-state index contributed by atoms with van der Waals surface area (Å²) in [6.45, 7) is 0. The zero-order valence-electron chi connectivity index (χ0n) is 5.40. The van der Waals surface area contributed by atoms with E-state index in [1.807, 2.05) is 30.3 Å². The molecule has 0 saturated carbocycles. The first-order valence-corrected chi connectivity index (χ1v) is 3.87. The van der Waals surface area contributed by atoms with Crippen LogP contribution in [0.2, 0.25) is 0 Å². The average molecular weight is 155 g/mol. The van der Waals surface area contributed by atoms with Crippen molar-refractivity contribution in [2.75, 3.05) is 0 Å². The van der Waals surface area contributed by atoms with Crippen LogP contribution in [0.3, 0.4) is 0 Å². The van der Waals surface area contributed by atoms with Crippen LogP contribution in [0.15, 0.2) is 30.3 Å². The largest absolute Gasteiger partial charge is 0.377 e. The first kappa shape index (κ1) is 7.60. The fourth-order valence-corrected chi connectivity index (χ4v) is 1.01. The Hall–Kier alpha value is -0.510. The van der Waals surface area contributed by atoms with Crippen LogP contribution in [-0.2, 0) is 0 Å².